The minimum atomic E-state index is -0.129. The number of nitrogens with two attached hydrogens (primary N) is 1. The first-order valence-corrected chi connectivity index (χ1v) is 5.21. The van der Waals surface area contributed by atoms with Gasteiger partial charge in [-0.05, 0) is 12.1 Å². The van der Waals surface area contributed by atoms with Crippen LogP contribution in [0, 0.1) is 0 Å². The number of hydrogen-bond acceptors (Lipinski definition) is 3. The number of aromatic nitrogens is 2. The average molecular weight is 230 g/mol. The number of rotatable bonds is 2. The summed E-state index contributed by atoms with van der Waals surface area (Å²) in [5.41, 5.74) is 7.64. The van der Waals surface area contributed by atoms with E-state index in [1.54, 1.807) is 31.0 Å². The Morgan fingerprint density at radius 3 is 2.71 bits per heavy atom. The lowest BCUT2D eigenvalue weighted by molar-refractivity contribution is 0.0993. The predicted octanol–water partition coefficient (Wildman–Crippen LogP) is 1.28. The maximum Gasteiger partial charge on any atom is 0.261 e. The maximum absolute atomic E-state index is 12.1. The molecule has 0 spiro atoms. The van der Waals surface area contributed by atoms with Gasteiger partial charge in [-0.25, -0.2) is 0 Å². The standard InChI is InChI=1S/C12H14N4O/c1-15-8-9(7-14-15)12(17)16(2)11-6-4-3-5-10(11)13/h3-8H,13H2,1-2H3. The molecular weight excluding hydrogens is 216 g/mol. The molecule has 5 nitrogen and oxygen atoms in total. The molecular formula is C12H14N4O. The van der Waals surface area contributed by atoms with Crippen LogP contribution in [0.5, 0.6) is 0 Å². The highest BCUT2D eigenvalue weighted by Gasteiger charge is 2.16. The number of benzene rings is 1. The summed E-state index contributed by atoms with van der Waals surface area (Å²) < 4.78 is 1.59. The van der Waals surface area contributed by atoms with Gasteiger partial charge in [0.1, 0.15) is 0 Å². The van der Waals surface area contributed by atoms with Gasteiger partial charge >= 0.3 is 0 Å². The molecule has 0 aliphatic rings. The van der Waals surface area contributed by atoms with Crippen molar-refractivity contribution >= 4 is 17.3 Å². The minimum Gasteiger partial charge on any atom is -0.397 e. The van der Waals surface area contributed by atoms with E-state index >= 15 is 0 Å². The summed E-state index contributed by atoms with van der Waals surface area (Å²) in [6.07, 6.45) is 3.22. The Hall–Kier alpha value is -2.30. The van der Waals surface area contributed by atoms with Crippen molar-refractivity contribution in [1.82, 2.24) is 9.78 Å². The smallest absolute Gasteiger partial charge is 0.261 e. The normalized spacial score (nSPS) is 10.2. The van der Waals surface area contributed by atoms with Crippen LogP contribution in [0.1, 0.15) is 10.4 Å². The Kier molecular flexibility index (Phi) is 2.82. The lowest BCUT2D eigenvalue weighted by atomic mass is 10.2. The molecule has 2 aromatic rings. The monoisotopic (exact) mass is 230 g/mol. The van der Waals surface area contributed by atoms with E-state index in [0.717, 1.165) is 0 Å². The Bertz CT molecular complexity index is 547. The van der Waals surface area contributed by atoms with E-state index < -0.39 is 0 Å². The molecule has 0 aliphatic carbocycles. The van der Waals surface area contributed by atoms with Gasteiger partial charge in [0.05, 0.1) is 23.1 Å². The zero-order chi connectivity index (χ0) is 12.4. The molecule has 17 heavy (non-hydrogen) atoms. The highest BCUT2D eigenvalue weighted by molar-refractivity contribution is 6.06. The molecule has 0 bridgehead atoms. The highest BCUT2D eigenvalue weighted by Crippen LogP contribution is 2.22. The maximum atomic E-state index is 12.1. The van der Waals surface area contributed by atoms with Gasteiger partial charge in [-0.15, -0.1) is 0 Å². The van der Waals surface area contributed by atoms with Gasteiger partial charge in [0, 0.05) is 20.3 Å². The van der Waals surface area contributed by atoms with Crippen molar-refractivity contribution in [1.29, 1.82) is 0 Å². The number of aryl methyl sites for hydroxylation is 1. The van der Waals surface area contributed by atoms with Crippen molar-refractivity contribution in [2.24, 2.45) is 7.05 Å². The van der Waals surface area contributed by atoms with Crippen molar-refractivity contribution in [3.8, 4) is 0 Å². The lowest BCUT2D eigenvalue weighted by Crippen LogP contribution is -2.26. The van der Waals surface area contributed by atoms with E-state index in [9.17, 15) is 4.79 Å². The summed E-state index contributed by atoms with van der Waals surface area (Å²) in [7, 11) is 3.47. The average Bonchev–Trinajstić information content (AvgIpc) is 2.75. The quantitative estimate of drug-likeness (QED) is 0.790. The Labute approximate surface area is 99.5 Å². The molecule has 0 aliphatic heterocycles. The number of nitrogens with zero attached hydrogens (tertiary/aromatic N) is 3. The summed E-state index contributed by atoms with van der Waals surface area (Å²) >= 11 is 0. The summed E-state index contributed by atoms with van der Waals surface area (Å²) in [5, 5.41) is 3.97. The van der Waals surface area contributed by atoms with Crippen molar-refractivity contribution in [2.45, 2.75) is 0 Å². The zero-order valence-electron chi connectivity index (χ0n) is 9.79. The second-order valence-electron chi connectivity index (χ2n) is 3.83. The van der Waals surface area contributed by atoms with E-state index in [2.05, 4.69) is 5.10 Å². The van der Waals surface area contributed by atoms with E-state index in [4.69, 9.17) is 5.73 Å². The van der Waals surface area contributed by atoms with Gasteiger partial charge in [0.25, 0.3) is 5.91 Å². The molecule has 2 rings (SSSR count). The highest BCUT2D eigenvalue weighted by atomic mass is 16.2. The molecule has 0 radical (unpaired) electrons. The van der Waals surface area contributed by atoms with Gasteiger partial charge in [-0.1, -0.05) is 12.1 Å². The molecule has 88 valence electrons. The van der Waals surface area contributed by atoms with Crippen molar-refractivity contribution in [2.75, 3.05) is 17.7 Å². The fraction of sp³-hybridized carbons (Fsp3) is 0.167. The van der Waals surface area contributed by atoms with Crippen LogP contribution < -0.4 is 10.6 Å². The number of hydrogen-bond donors (Lipinski definition) is 1. The van der Waals surface area contributed by atoms with Crippen molar-refractivity contribution in [3.05, 3.63) is 42.2 Å². The van der Waals surface area contributed by atoms with Crippen molar-refractivity contribution < 1.29 is 4.79 Å². The predicted molar refractivity (Wildman–Crippen MR) is 66.8 cm³/mol. The Morgan fingerprint density at radius 2 is 2.12 bits per heavy atom. The number of carbonyl (C=O) groups excluding carboxylic acids is 1. The van der Waals surface area contributed by atoms with Crippen LogP contribution in [-0.4, -0.2) is 22.7 Å². The summed E-state index contributed by atoms with van der Waals surface area (Å²) in [4.78, 5) is 13.6. The Balaban J connectivity index is 2.29. The molecule has 0 unspecified atom stereocenters. The third-order valence-corrected chi connectivity index (χ3v) is 2.55. The molecule has 1 amide bonds. The lowest BCUT2D eigenvalue weighted by Gasteiger charge is -2.18. The van der Waals surface area contributed by atoms with E-state index in [1.807, 2.05) is 18.2 Å². The van der Waals surface area contributed by atoms with Crippen LogP contribution in [0.4, 0.5) is 11.4 Å². The van der Waals surface area contributed by atoms with Gasteiger partial charge in [-0.2, -0.15) is 5.10 Å². The third-order valence-electron chi connectivity index (χ3n) is 2.55. The topological polar surface area (TPSA) is 64.2 Å². The fourth-order valence-corrected chi connectivity index (χ4v) is 1.63. The van der Waals surface area contributed by atoms with E-state index in [-0.39, 0.29) is 5.91 Å². The Morgan fingerprint density at radius 1 is 1.41 bits per heavy atom. The second-order valence-corrected chi connectivity index (χ2v) is 3.83. The molecule has 0 saturated carbocycles. The minimum absolute atomic E-state index is 0.129. The number of para-hydroxylation sites is 2. The van der Waals surface area contributed by atoms with Crippen LogP contribution in [0.15, 0.2) is 36.7 Å². The van der Waals surface area contributed by atoms with E-state index in [0.29, 0.717) is 16.9 Å². The first-order chi connectivity index (χ1) is 8.09. The molecule has 5 heteroatoms. The van der Waals surface area contributed by atoms with E-state index in [1.165, 1.54) is 11.1 Å². The van der Waals surface area contributed by atoms with Gasteiger partial charge in [0.15, 0.2) is 0 Å². The van der Waals surface area contributed by atoms with Crippen LogP contribution >= 0.6 is 0 Å². The van der Waals surface area contributed by atoms with Crippen molar-refractivity contribution in [3.63, 3.8) is 0 Å². The molecule has 1 aromatic carbocycles. The SMILES string of the molecule is CN(C(=O)c1cnn(C)c1)c1ccccc1N. The summed E-state index contributed by atoms with van der Waals surface area (Å²) in [6, 6.07) is 7.26. The third kappa shape index (κ3) is 2.13. The fourth-order valence-electron chi connectivity index (χ4n) is 1.63. The van der Waals surface area contributed by atoms with Gasteiger partial charge in [-0.3, -0.25) is 9.48 Å². The number of anilines is 2. The molecule has 0 saturated heterocycles. The van der Waals surface area contributed by atoms with Crippen LogP contribution in [0.3, 0.4) is 0 Å². The number of carbonyl (C=O) groups is 1. The van der Waals surface area contributed by atoms with Crippen LogP contribution in [0.2, 0.25) is 0 Å². The molecule has 0 fully saturated rings. The van der Waals surface area contributed by atoms with Crippen LogP contribution in [0.25, 0.3) is 0 Å². The van der Waals surface area contributed by atoms with Crippen LogP contribution in [-0.2, 0) is 7.05 Å². The first-order valence-electron chi connectivity index (χ1n) is 5.21. The molecule has 2 N–H and O–H groups in total. The summed E-state index contributed by atoms with van der Waals surface area (Å²) in [6.45, 7) is 0. The first kappa shape index (κ1) is 11.2. The summed E-state index contributed by atoms with van der Waals surface area (Å²) in [5.74, 6) is -0.129. The number of amides is 1. The second kappa shape index (κ2) is 4.29. The molecule has 1 heterocycles. The largest absolute Gasteiger partial charge is 0.397 e. The molecule has 0 atom stereocenters. The van der Waals surface area contributed by atoms with Gasteiger partial charge < -0.3 is 10.6 Å². The number of nitrogen functional groups attached to an aromatic ring is 1. The van der Waals surface area contributed by atoms with Gasteiger partial charge in [0.2, 0.25) is 0 Å². The zero-order valence-corrected chi connectivity index (χ0v) is 9.79. The molecule has 1 aromatic heterocycles.